The second kappa shape index (κ2) is 10.4. The van der Waals surface area contributed by atoms with Crippen LogP contribution in [0.25, 0.3) is 0 Å². The van der Waals surface area contributed by atoms with Crippen molar-refractivity contribution in [3.8, 4) is 0 Å². The molecule has 0 saturated carbocycles. The van der Waals surface area contributed by atoms with E-state index in [1.54, 1.807) is 41.6 Å². The van der Waals surface area contributed by atoms with Crippen LogP contribution in [0.15, 0.2) is 69.6 Å². The third kappa shape index (κ3) is 6.94. The number of pyridine rings is 1. The fraction of sp³-hybridized carbons (Fsp3) is 0.0625. The summed E-state index contributed by atoms with van der Waals surface area (Å²) in [6.07, 6.45) is 5.46. The minimum Gasteiger partial charge on any atom is -0.265 e. The van der Waals surface area contributed by atoms with Gasteiger partial charge in [-0.05, 0) is 12.1 Å². The molecule has 3 rings (SSSR count). The summed E-state index contributed by atoms with van der Waals surface area (Å²) in [5.41, 5.74) is 1.99. The molecule has 142 valence electrons. The van der Waals surface area contributed by atoms with Crippen LogP contribution in [0.3, 0.4) is 0 Å². The van der Waals surface area contributed by atoms with E-state index in [1.165, 1.54) is 34.2 Å². The van der Waals surface area contributed by atoms with Crippen LogP contribution in [-0.2, 0) is 12.4 Å². The Labute approximate surface area is 166 Å². The van der Waals surface area contributed by atoms with Crippen LogP contribution >= 0.6 is 23.1 Å². The molecule has 11 heteroatoms. The molecule has 1 aromatic carbocycles. The molecule has 3 N–H and O–H groups in total. The monoisotopic (exact) mass is 469 g/mol. The van der Waals surface area contributed by atoms with E-state index in [-0.39, 0.29) is 15.9 Å². The quantitative estimate of drug-likeness (QED) is 0.296. The summed E-state index contributed by atoms with van der Waals surface area (Å²) in [4.78, 5) is 20.0. The summed E-state index contributed by atoms with van der Waals surface area (Å²) >= 11 is -1.56. The second-order valence-corrected chi connectivity index (χ2v) is 10.7. The SMILES string of the molecule is CC(=O)Nc1ccccc1[As](=O)(O)OO.c1cc(Sc2cncs2)ccn1. The Morgan fingerprint density at radius 1 is 1.22 bits per heavy atom. The molecule has 2 aromatic heterocycles. The summed E-state index contributed by atoms with van der Waals surface area (Å²) in [7, 11) is 0. The molecule has 1 atom stereocenters. The van der Waals surface area contributed by atoms with Gasteiger partial charge in [-0.15, -0.1) is 11.3 Å². The molecule has 0 bridgehead atoms. The van der Waals surface area contributed by atoms with Crippen LogP contribution in [-0.4, -0.2) is 39.4 Å². The van der Waals surface area contributed by atoms with Gasteiger partial charge in [0.05, 0.1) is 15.9 Å². The van der Waals surface area contributed by atoms with Gasteiger partial charge in [0, 0.05) is 17.3 Å². The van der Waals surface area contributed by atoms with Gasteiger partial charge in [0.1, 0.15) is 0 Å². The number of aromatic nitrogens is 2. The van der Waals surface area contributed by atoms with E-state index in [0.717, 1.165) is 0 Å². The maximum Gasteiger partial charge on any atom is 0.0845 e. The van der Waals surface area contributed by atoms with Gasteiger partial charge in [-0.3, -0.25) is 9.97 Å². The largest absolute Gasteiger partial charge is 0.265 e. The van der Waals surface area contributed by atoms with Crippen LogP contribution in [0.1, 0.15) is 6.92 Å². The Morgan fingerprint density at radius 2 is 1.93 bits per heavy atom. The first-order valence-electron chi connectivity index (χ1n) is 7.42. The Hall–Kier alpha value is -1.94. The number of nitrogens with zero attached hydrogens (tertiary/aromatic N) is 2. The molecular weight excluding hydrogens is 453 g/mol. The molecule has 0 fully saturated rings. The van der Waals surface area contributed by atoms with E-state index in [2.05, 4.69) is 19.2 Å². The van der Waals surface area contributed by atoms with Crippen molar-refractivity contribution in [1.29, 1.82) is 0 Å². The van der Waals surface area contributed by atoms with Gasteiger partial charge in [0.25, 0.3) is 0 Å². The topological polar surface area (TPSA) is 122 Å². The average Bonchev–Trinajstić information content (AvgIpc) is 3.16. The van der Waals surface area contributed by atoms with Crippen molar-refractivity contribution in [3.63, 3.8) is 0 Å². The minimum absolute atomic E-state index is 0.103. The molecule has 3 aromatic rings. The van der Waals surface area contributed by atoms with E-state index in [1.807, 2.05) is 23.8 Å². The third-order valence-corrected chi connectivity index (χ3v) is 7.39. The zero-order chi connectivity index (χ0) is 19.7. The number of rotatable bonds is 5. The number of anilines is 1. The molecule has 2 heterocycles. The number of amides is 1. The first kappa shape index (κ1) is 21.4. The number of nitrogens with one attached hydrogen (secondary N) is 1. The Balaban J connectivity index is 0.000000198. The van der Waals surface area contributed by atoms with E-state index in [9.17, 15) is 12.6 Å². The van der Waals surface area contributed by atoms with Crippen molar-refractivity contribution in [3.05, 3.63) is 60.5 Å². The third-order valence-electron chi connectivity index (χ3n) is 2.91. The van der Waals surface area contributed by atoms with Gasteiger partial charge in [-0.25, -0.2) is 0 Å². The van der Waals surface area contributed by atoms with Gasteiger partial charge in [-0.2, -0.15) is 0 Å². The molecule has 8 nitrogen and oxygen atoms in total. The molecule has 0 aliphatic carbocycles. The molecule has 27 heavy (non-hydrogen) atoms. The average molecular weight is 469 g/mol. The molecule has 0 saturated heterocycles. The summed E-state index contributed by atoms with van der Waals surface area (Å²) in [5.74, 6) is -0.379. The zero-order valence-corrected chi connectivity index (χ0v) is 17.6. The molecule has 0 spiro atoms. The summed E-state index contributed by atoms with van der Waals surface area (Å²) in [6, 6.07) is 9.82. The fourth-order valence-electron chi connectivity index (χ4n) is 1.84. The van der Waals surface area contributed by atoms with Gasteiger partial charge in [-0.1, -0.05) is 11.8 Å². The predicted octanol–water partition coefficient (Wildman–Crippen LogP) is 2.39. The minimum atomic E-state index is -4.92. The second-order valence-electron chi connectivity index (χ2n) is 4.91. The molecule has 0 aliphatic rings. The van der Waals surface area contributed by atoms with Crippen LogP contribution in [0.5, 0.6) is 0 Å². The zero-order valence-electron chi connectivity index (χ0n) is 14.1. The maximum atomic E-state index is 11.4. The molecular formula is C16H16AsN3O5S2. The summed E-state index contributed by atoms with van der Waals surface area (Å²) < 4.78 is 25.3. The van der Waals surface area contributed by atoms with Crippen LogP contribution in [0.2, 0.25) is 0 Å². The van der Waals surface area contributed by atoms with Crippen LogP contribution < -0.4 is 9.67 Å². The van der Waals surface area contributed by atoms with E-state index >= 15 is 0 Å². The van der Waals surface area contributed by atoms with Gasteiger partial charge < -0.3 is 0 Å². The van der Waals surface area contributed by atoms with E-state index < -0.39 is 14.2 Å². The van der Waals surface area contributed by atoms with Gasteiger partial charge in [0.15, 0.2) is 0 Å². The Kier molecular flexibility index (Phi) is 8.23. The number of carbonyl (C=O) groups excluding carboxylic acids is 1. The smallest absolute Gasteiger partial charge is 0.0845 e. The van der Waals surface area contributed by atoms with Crippen molar-refractivity contribution in [2.45, 2.75) is 16.0 Å². The normalized spacial score (nSPS) is 12.4. The van der Waals surface area contributed by atoms with E-state index in [4.69, 9.17) is 5.26 Å². The summed E-state index contributed by atoms with van der Waals surface area (Å²) in [5, 5.41) is 10.7. The van der Waals surface area contributed by atoms with Gasteiger partial charge >= 0.3 is 88.4 Å². The molecule has 1 unspecified atom stereocenters. The van der Waals surface area contributed by atoms with Crippen LogP contribution in [0, 0.1) is 0 Å². The predicted molar refractivity (Wildman–Crippen MR) is 103 cm³/mol. The molecule has 0 aliphatic heterocycles. The summed E-state index contributed by atoms with van der Waals surface area (Å²) in [6.45, 7) is 1.27. The number of para-hydroxylation sites is 1. The van der Waals surface area contributed by atoms with Crippen molar-refractivity contribution in [1.82, 2.24) is 9.97 Å². The van der Waals surface area contributed by atoms with Crippen molar-refractivity contribution < 1.29 is 21.8 Å². The van der Waals surface area contributed by atoms with Crippen LogP contribution in [0.4, 0.5) is 5.69 Å². The number of hydrogen-bond donors (Lipinski definition) is 3. The van der Waals surface area contributed by atoms with Crippen molar-refractivity contribution in [2.24, 2.45) is 0 Å². The van der Waals surface area contributed by atoms with E-state index in [0.29, 0.717) is 0 Å². The van der Waals surface area contributed by atoms with Gasteiger partial charge in [0.2, 0.25) is 0 Å². The Morgan fingerprint density at radius 3 is 2.52 bits per heavy atom. The van der Waals surface area contributed by atoms with Crippen molar-refractivity contribution >= 4 is 53.2 Å². The standard InChI is InChI=1S/C8H10AsNO5.C8H6N2S2/c1-6(11)10-8-5-3-2-4-7(8)9(12,13)15-14;1-3-9-4-2-7(1)12-8-5-10-6-11-8/h2-5,14H,1H3,(H,10,11)(H,12,13);1-6H. The molecule has 0 radical (unpaired) electrons. The fourth-order valence-corrected chi connectivity index (χ4v) is 5.07. The molecule has 1 amide bonds. The number of hydrogen-bond acceptors (Lipinski definition) is 8. The van der Waals surface area contributed by atoms with Crippen molar-refractivity contribution in [2.75, 3.05) is 5.32 Å². The maximum absolute atomic E-state index is 11.4. The Bertz CT molecular complexity index is 909. The first-order valence-corrected chi connectivity index (χ1v) is 12.4. The first-order chi connectivity index (χ1) is 12.9. The number of benzene rings is 1. The number of thiazole rings is 1. The number of carbonyl (C=O) groups is 1.